The van der Waals surface area contributed by atoms with Crippen molar-refractivity contribution >= 4 is 10.9 Å². The molecule has 0 aliphatic rings. The number of furan rings is 1. The van der Waals surface area contributed by atoms with Crippen molar-refractivity contribution in [2.75, 3.05) is 0 Å². The molecule has 0 saturated heterocycles. The Balaban J connectivity index is 2.93. The van der Waals surface area contributed by atoms with E-state index < -0.39 is 0 Å². The molecule has 0 aliphatic carbocycles. The molecular formula is C7H6N2O. The van der Waals surface area contributed by atoms with Gasteiger partial charge in [-0.1, -0.05) is 0 Å². The molecule has 2 heterocycles. The smallest absolute Gasteiger partial charge is 0.134 e. The van der Waals surface area contributed by atoms with Crippen LogP contribution in [0.2, 0.25) is 0 Å². The van der Waals surface area contributed by atoms with Crippen molar-refractivity contribution < 1.29 is 4.42 Å². The van der Waals surface area contributed by atoms with Crippen LogP contribution in [-0.2, 0) is 0 Å². The van der Waals surface area contributed by atoms with Gasteiger partial charge in [0.1, 0.15) is 17.5 Å². The summed E-state index contributed by atoms with van der Waals surface area (Å²) in [7, 11) is 0. The van der Waals surface area contributed by atoms with E-state index in [0.717, 1.165) is 16.7 Å². The first-order valence-electron chi connectivity index (χ1n) is 3.03. The van der Waals surface area contributed by atoms with Crippen LogP contribution in [0.15, 0.2) is 22.9 Å². The fourth-order valence-corrected chi connectivity index (χ4v) is 0.918. The molecule has 0 amide bonds. The third kappa shape index (κ3) is 0.603. The molecule has 0 N–H and O–H groups in total. The predicted molar refractivity (Wildman–Crippen MR) is 36.5 cm³/mol. The topological polar surface area (TPSA) is 38.9 Å². The number of hydrogen-bond donors (Lipinski definition) is 0. The molecule has 3 nitrogen and oxygen atoms in total. The first-order chi connectivity index (χ1) is 4.88. The molecule has 0 spiro atoms. The van der Waals surface area contributed by atoms with Gasteiger partial charge in [0, 0.05) is 5.39 Å². The second-order valence-electron chi connectivity index (χ2n) is 2.13. The molecular weight excluding hydrogens is 128 g/mol. The van der Waals surface area contributed by atoms with Gasteiger partial charge in [-0.05, 0) is 13.0 Å². The summed E-state index contributed by atoms with van der Waals surface area (Å²) in [4.78, 5) is 0. The van der Waals surface area contributed by atoms with Crippen molar-refractivity contribution in [2.45, 2.75) is 6.92 Å². The van der Waals surface area contributed by atoms with Crippen LogP contribution < -0.4 is 0 Å². The van der Waals surface area contributed by atoms with E-state index >= 15 is 0 Å². The van der Waals surface area contributed by atoms with Gasteiger partial charge >= 0.3 is 0 Å². The molecule has 0 radical (unpaired) electrons. The van der Waals surface area contributed by atoms with Crippen molar-refractivity contribution in [1.29, 1.82) is 0 Å². The lowest BCUT2D eigenvalue weighted by molar-refractivity contribution is 0.538. The highest BCUT2D eigenvalue weighted by molar-refractivity contribution is 5.78. The van der Waals surface area contributed by atoms with Gasteiger partial charge in [-0.25, -0.2) is 0 Å². The number of aromatic nitrogens is 2. The zero-order valence-corrected chi connectivity index (χ0v) is 5.53. The molecule has 0 atom stereocenters. The molecule has 50 valence electrons. The van der Waals surface area contributed by atoms with E-state index in [1.807, 2.05) is 13.0 Å². The van der Waals surface area contributed by atoms with Crippen LogP contribution in [0.4, 0.5) is 0 Å². The lowest BCUT2D eigenvalue weighted by Crippen LogP contribution is -1.78. The highest BCUT2D eigenvalue weighted by Crippen LogP contribution is 2.15. The van der Waals surface area contributed by atoms with Crippen molar-refractivity contribution in [3.8, 4) is 0 Å². The van der Waals surface area contributed by atoms with Crippen molar-refractivity contribution in [3.63, 3.8) is 0 Å². The third-order valence-corrected chi connectivity index (χ3v) is 1.45. The van der Waals surface area contributed by atoms with E-state index in [0.29, 0.717) is 0 Å². The number of hydrogen-bond acceptors (Lipinski definition) is 3. The van der Waals surface area contributed by atoms with Gasteiger partial charge in [-0.2, -0.15) is 5.10 Å². The van der Waals surface area contributed by atoms with Gasteiger partial charge in [0.2, 0.25) is 0 Å². The van der Waals surface area contributed by atoms with E-state index in [4.69, 9.17) is 4.42 Å². The van der Waals surface area contributed by atoms with Gasteiger partial charge in [0.05, 0.1) is 6.20 Å². The summed E-state index contributed by atoms with van der Waals surface area (Å²) in [6.45, 7) is 1.87. The van der Waals surface area contributed by atoms with Crippen LogP contribution in [0, 0.1) is 6.92 Å². The van der Waals surface area contributed by atoms with Crippen LogP contribution in [0.5, 0.6) is 0 Å². The summed E-state index contributed by atoms with van der Waals surface area (Å²) in [5, 5.41) is 8.64. The normalized spacial score (nSPS) is 10.5. The Kier molecular flexibility index (Phi) is 0.974. The Morgan fingerprint density at radius 1 is 1.50 bits per heavy atom. The Morgan fingerprint density at radius 2 is 2.40 bits per heavy atom. The fourth-order valence-electron chi connectivity index (χ4n) is 0.918. The molecule has 10 heavy (non-hydrogen) atoms. The number of aryl methyl sites for hydroxylation is 1. The maximum Gasteiger partial charge on any atom is 0.134 e. The minimum Gasteiger partial charge on any atom is -0.467 e. The second-order valence-corrected chi connectivity index (χ2v) is 2.13. The zero-order chi connectivity index (χ0) is 6.97. The lowest BCUT2D eigenvalue weighted by atomic mass is 10.3. The predicted octanol–water partition coefficient (Wildman–Crippen LogP) is 1.53. The van der Waals surface area contributed by atoms with Crippen LogP contribution in [-0.4, -0.2) is 10.2 Å². The minimum atomic E-state index is 0.822. The molecule has 2 rings (SSSR count). The largest absolute Gasteiger partial charge is 0.467 e. The third-order valence-electron chi connectivity index (χ3n) is 1.45. The van der Waals surface area contributed by atoms with Gasteiger partial charge in [-0.3, -0.25) is 0 Å². The summed E-state index contributed by atoms with van der Waals surface area (Å²) in [6, 6.07) is 1.87. The Labute approximate surface area is 57.7 Å². The van der Waals surface area contributed by atoms with E-state index in [9.17, 15) is 0 Å². The number of fused-ring (bicyclic) bond motifs is 1. The molecule has 2 aromatic rings. The highest BCUT2D eigenvalue weighted by atomic mass is 16.3. The molecule has 0 fully saturated rings. The van der Waals surface area contributed by atoms with E-state index in [2.05, 4.69) is 10.2 Å². The van der Waals surface area contributed by atoms with Crippen molar-refractivity contribution in [1.82, 2.24) is 10.2 Å². The standard InChI is InChI=1S/C7H6N2O/c1-5-7-6(4-10-5)2-3-8-9-7/h2-4H,1H3. The maximum absolute atomic E-state index is 5.11. The van der Waals surface area contributed by atoms with Crippen LogP contribution in [0.1, 0.15) is 5.76 Å². The first-order valence-corrected chi connectivity index (χ1v) is 3.03. The summed E-state index contributed by atoms with van der Waals surface area (Å²) in [5.41, 5.74) is 0.850. The quantitative estimate of drug-likeness (QED) is 0.548. The summed E-state index contributed by atoms with van der Waals surface area (Å²) >= 11 is 0. The molecule has 3 heteroatoms. The van der Waals surface area contributed by atoms with Crippen LogP contribution >= 0.6 is 0 Å². The van der Waals surface area contributed by atoms with Crippen LogP contribution in [0.3, 0.4) is 0 Å². The Hall–Kier alpha value is -1.38. The maximum atomic E-state index is 5.11. The summed E-state index contributed by atoms with van der Waals surface area (Å²) in [5.74, 6) is 0.822. The highest BCUT2D eigenvalue weighted by Gasteiger charge is 2.00. The Morgan fingerprint density at radius 3 is 3.20 bits per heavy atom. The molecule has 0 unspecified atom stereocenters. The van der Waals surface area contributed by atoms with E-state index in [1.165, 1.54) is 0 Å². The molecule has 0 aromatic carbocycles. The average Bonchev–Trinajstić information content (AvgIpc) is 2.34. The van der Waals surface area contributed by atoms with Crippen molar-refractivity contribution in [3.05, 3.63) is 24.3 Å². The van der Waals surface area contributed by atoms with Crippen LogP contribution in [0.25, 0.3) is 10.9 Å². The van der Waals surface area contributed by atoms with E-state index in [-0.39, 0.29) is 0 Å². The van der Waals surface area contributed by atoms with Crippen molar-refractivity contribution in [2.24, 2.45) is 0 Å². The molecule has 0 bridgehead atoms. The second kappa shape index (κ2) is 1.80. The van der Waals surface area contributed by atoms with Gasteiger partial charge in [-0.15, -0.1) is 5.10 Å². The SMILES string of the molecule is Cc1occ2ccnnc12. The lowest BCUT2D eigenvalue weighted by Gasteiger charge is -1.82. The summed E-state index contributed by atoms with van der Waals surface area (Å²) in [6.07, 6.45) is 3.33. The average molecular weight is 134 g/mol. The monoisotopic (exact) mass is 134 g/mol. The van der Waals surface area contributed by atoms with Gasteiger partial charge < -0.3 is 4.42 Å². The van der Waals surface area contributed by atoms with Gasteiger partial charge in [0.15, 0.2) is 0 Å². The van der Waals surface area contributed by atoms with Gasteiger partial charge in [0.25, 0.3) is 0 Å². The first kappa shape index (κ1) is 5.41. The summed E-state index contributed by atoms with van der Waals surface area (Å²) < 4.78 is 5.11. The molecule has 0 saturated carbocycles. The molecule has 0 aliphatic heterocycles. The molecule has 2 aromatic heterocycles. The number of nitrogens with zero attached hydrogens (tertiary/aromatic N) is 2. The Bertz CT molecular complexity index is 353. The van der Waals surface area contributed by atoms with E-state index in [1.54, 1.807) is 12.5 Å². The number of rotatable bonds is 0. The minimum absolute atomic E-state index is 0.822. The zero-order valence-electron chi connectivity index (χ0n) is 5.53. The fraction of sp³-hybridized carbons (Fsp3) is 0.143.